The van der Waals surface area contributed by atoms with E-state index in [9.17, 15) is 0 Å². The summed E-state index contributed by atoms with van der Waals surface area (Å²) in [6.07, 6.45) is 26.7. The van der Waals surface area contributed by atoms with Crippen LogP contribution in [-0.2, 0) is 8.85 Å². The molecule has 0 saturated carbocycles. The largest absolute Gasteiger partial charge is 0.416 e. The molecule has 0 amide bonds. The minimum absolute atomic E-state index is 0.735. The zero-order valence-electron chi connectivity index (χ0n) is 29.8. The van der Waals surface area contributed by atoms with Crippen molar-refractivity contribution in [2.24, 2.45) is 0 Å². The standard InChI is InChI=1S/C36H78O2SSi2/c1-9-17-23-31-40(37-29-15-7,32-24-18-10-2)35(27-21-13-5)39-36(28-22-14-6)41(38-30-16-8,33-25-19-11-3)34-26-20-12-4/h35-36H,9-34H2,1-8H3. The summed E-state index contributed by atoms with van der Waals surface area (Å²) < 4.78 is 14.6. The first-order chi connectivity index (χ1) is 20.0. The Morgan fingerprint density at radius 1 is 0.390 bits per heavy atom. The SMILES string of the molecule is CCCCC[Si](CCCCC)(OCCC)C(CCCC)SC(CCCC)[Si](CCCCC)(CCCCC)OCCC. The number of rotatable bonds is 32. The molecule has 2 unspecified atom stereocenters. The van der Waals surface area contributed by atoms with Crippen molar-refractivity contribution in [3.8, 4) is 0 Å². The summed E-state index contributed by atoms with van der Waals surface area (Å²) in [5, 5.41) is 0. The molecule has 2 nitrogen and oxygen atoms in total. The second-order valence-corrected chi connectivity index (χ2v) is 23.5. The molecule has 0 saturated heterocycles. The third kappa shape index (κ3) is 17.7. The molecule has 248 valence electrons. The zero-order chi connectivity index (χ0) is 30.7. The summed E-state index contributed by atoms with van der Waals surface area (Å²) in [6.45, 7) is 20.9. The van der Waals surface area contributed by atoms with Gasteiger partial charge in [-0.15, -0.1) is 0 Å². The van der Waals surface area contributed by atoms with Gasteiger partial charge < -0.3 is 8.85 Å². The second-order valence-electron chi connectivity index (χ2n) is 13.1. The summed E-state index contributed by atoms with van der Waals surface area (Å²) in [6, 6.07) is 5.57. The van der Waals surface area contributed by atoms with Gasteiger partial charge >= 0.3 is 0 Å². The van der Waals surface area contributed by atoms with Gasteiger partial charge in [-0.2, -0.15) is 11.8 Å². The molecule has 0 aromatic carbocycles. The van der Waals surface area contributed by atoms with Crippen molar-refractivity contribution in [2.45, 2.75) is 218 Å². The van der Waals surface area contributed by atoms with Gasteiger partial charge in [-0.05, 0) is 49.9 Å². The van der Waals surface area contributed by atoms with Gasteiger partial charge in [0, 0.05) is 23.0 Å². The normalized spacial score (nSPS) is 14.0. The predicted octanol–water partition coefficient (Wildman–Crippen LogP) is 13.4. The minimum Gasteiger partial charge on any atom is -0.416 e. The molecule has 0 radical (unpaired) electrons. The Bertz CT molecular complexity index is 482. The highest BCUT2D eigenvalue weighted by molar-refractivity contribution is 8.03. The fourth-order valence-electron chi connectivity index (χ4n) is 6.56. The lowest BCUT2D eigenvalue weighted by molar-refractivity contribution is 0.289. The molecular weight excluding hydrogens is 553 g/mol. The molecule has 0 aliphatic heterocycles. The maximum Gasteiger partial charge on any atom is 0.205 e. The summed E-state index contributed by atoms with van der Waals surface area (Å²) in [5.74, 6) is 0. The predicted molar refractivity (Wildman–Crippen MR) is 196 cm³/mol. The molecule has 0 aromatic rings. The van der Waals surface area contributed by atoms with E-state index in [1.54, 1.807) is 0 Å². The molecule has 0 spiro atoms. The number of unbranched alkanes of at least 4 members (excludes halogenated alkanes) is 10. The van der Waals surface area contributed by atoms with Crippen LogP contribution in [0.5, 0.6) is 0 Å². The molecule has 0 N–H and O–H groups in total. The van der Waals surface area contributed by atoms with Gasteiger partial charge in [-0.25, -0.2) is 0 Å². The minimum atomic E-state index is -1.92. The van der Waals surface area contributed by atoms with Gasteiger partial charge in [0.2, 0.25) is 16.6 Å². The maximum atomic E-state index is 7.32. The van der Waals surface area contributed by atoms with Gasteiger partial charge in [0.05, 0.1) is 0 Å². The molecule has 5 heteroatoms. The van der Waals surface area contributed by atoms with Crippen molar-refractivity contribution in [3.63, 3.8) is 0 Å². The molecule has 0 rings (SSSR count). The van der Waals surface area contributed by atoms with Crippen LogP contribution in [-0.4, -0.2) is 39.6 Å². The Kier molecular flexibility index (Phi) is 28.7. The van der Waals surface area contributed by atoms with Crippen LogP contribution in [0, 0.1) is 0 Å². The van der Waals surface area contributed by atoms with Crippen LogP contribution in [0.2, 0.25) is 24.2 Å². The molecule has 0 fully saturated rings. The fraction of sp³-hybridized carbons (Fsp3) is 1.00. The monoisotopic (exact) mass is 631 g/mol. The first-order valence-electron chi connectivity index (χ1n) is 18.9. The van der Waals surface area contributed by atoms with Gasteiger partial charge in [-0.1, -0.05) is 158 Å². The summed E-state index contributed by atoms with van der Waals surface area (Å²) in [7, 11) is -3.83. The smallest absolute Gasteiger partial charge is 0.205 e. The van der Waals surface area contributed by atoms with Crippen LogP contribution in [0.4, 0.5) is 0 Å². The van der Waals surface area contributed by atoms with Crippen LogP contribution in [0.3, 0.4) is 0 Å². The Labute approximate surface area is 267 Å². The topological polar surface area (TPSA) is 18.5 Å². The van der Waals surface area contributed by atoms with Gasteiger partial charge in [0.1, 0.15) is 0 Å². The number of thioether (sulfide) groups is 1. The van der Waals surface area contributed by atoms with Crippen LogP contribution < -0.4 is 0 Å². The molecule has 41 heavy (non-hydrogen) atoms. The van der Waals surface area contributed by atoms with Crippen molar-refractivity contribution < 1.29 is 8.85 Å². The van der Waals surface area contributed by atoms with Crippen LogP contribution in [0.15, 0.2) is 0 Å². The lowest BCUT2D eigenvalue weighted by Crippen LogP contribution is -2.54. The molecular formula is C36H78O2SSi2. The molecule has 0 heterocycles. The van der Waals surface area contributed by atoms with Gasteiger partial charge in [-0.3, -0.25) is 0 Å². The van der Waals surface area contributed by atoms with Crippen molar-refractivity contribution in [1.82, 2.24) is 0 Å². The van der Waals surface area contributed by atoms with Crippen LogP contribution in [0.25, 0.3) is 0 Å². The lowest BCUT2D eigenvalue weighted by Gasteiger charge is -2.45. The van der Waals surface area contributed by atoms with E-state index in [0.717, 1.165) is 35.8 Å². The average Bonchev–Trinajstić information content (AvgIpc) is 2.98. The third-order valence-electron chi connectivity index (χ3n) is 9.14. The summed E-state index contributed by atoms with van der Waals surface area (Å²) >= 11 is 2.49. The van der Waals surface area contributed by atoms with E-state index in [0.29, 0.717) is 0 Å². The molecule has 0 aliphatic rings. The fourth-order valence-corrected chi connectivity index (χ4v) is 21.6. The molecule has 2 atom stereocenters. The second kappa shape index (κ2) is 28.2. The van der Waals surface area contributed by atoms with Crippen molar-refractivity contribution in [2.75, 3.05) is 13.2 Å². The first-order valence-corrected chi connectivity index (χ1v) is 24.7. The van der Waals surface area contributed by atoms with E-state index in [4.69, 9.17) is 8.85 Å². The maximum absolute atomic E-state index is 7.32. The highest BCUT2D eigenvalue weighted by Gasteiger charge is 2.48. The van der Waals surface area contributed by atoms with Crippen molar-refractivity contribution in [1.29, 1.82) is 0 Å². The summed E-state index contributed by atoms with van der Waals surface area (Å²) in [5.41, 5.74) is 0. The van der Waals surface area contributed by atoms with E-state index >= 15 is 0 Å². The van der Waals surface area contributed by atoms with E-state index in [1.807, 2.05) is 0 Å². The zero-order valence-corrected chi connectivity index (χ0v) is 32.6. The van der Waals surface area contributed by atoms with E-state index in [-0.39, 0.29) is 0 Å². The summed E-state index contributed by atoms with van der Waals surface area (Å²) in [4.78, 5) is 1.47. The van der Waals surface area contributed by atoms with E-state index in [2.05, 4.69) is 67.2 Å². The van der Waals surface area contributed by atoms with Crippen molar-refractivity contribution in [3.05, 3.63) is 0 Å². The Balaban J connectivity index is 6.74. The highest BCUT2D eigenvalue weighted by atomic mass is 32.2. The molecule has 0 aromatic heterocycles. The highest BCUT2D eigenvalue weighted by Crippen LogP contribution is 2.45. The van der Waals surface area contributed by atoms with Crippen molar-refractivity contribution >= 4 is 28.4 Å². The van der Waals surface area contributed by atoms with Gasteiger partial charge in [0.25, 0.3) is 0 Å². The van der Waals surface area contributed by atoms with Crippen LogP contribution >= 0.6 is 11.8 Å². The van der Waals surface area contributed by atoms with Gasteiger partial charge in [0.15, 0.2) is 0 Å². The van der Waals surface area contributed by atoms with Crippen LogP contribution in [0.1, 0.15) is 184 Å². The third-order valence-corrected chi connectivity index (χ3v) is 22.9. The Morgan fingerprint density at radius 3 is 0.927 bits per heavy atom. The Hall–Kier alpha value is 0.704. The lowest BCUT2D eigenvalue weighted by atomic mass is 10.3. The average molecular weight is 631 g/mol. The first kappa shape index (κ1) is 41.7. The quantitative estimate of drug-likeness (QED) is 0.0544. The molecule has 0 bridgehead atoms. The Morgan fingerprint density at radius 2 is 0.683 bits per heavy atom. The van der Waals surface area contributed by atoms with E-state index in [1.165, 1.54) is 140 Å². The number of hydrogen-bond donors (Lipinski definition) is 0. The molecule has 0 aliphatic carbocycles. The van der Waals surface area contributed by atoms with E-state index < -0.39 is 16.6 Å². The number of hydrogen-bond acceptors (Lipinski definition) is 3.